The molecule has 0 aromatic heterocycles. The largest absolute Gasteiger partial charge is 0.465 e. The Morgan fingerprint density at radius 2 is 1.80 bits per heavy atom. The maximum atomic E-state index is 11.0. The normalized spacial score (nSPS) is 11.9. The van der Waals surface area contributed by atoms with Gasteiger partial charge in [0.1, 0.15) is 6.61 Å². The molecular formula is C9H15ClO5. The molecule has 0 radical (unpaired) electrons. The van der Waals surface area contributed by atoms with Gasteiger partial charge < -0.3 is 14.2 Å². The van der Waals surface area contributed by atoms with Crippen LogP contribution < -0.4 is 0 Å². The van der Waals surface area contributed by atoms with Crippen molar-refractivity contribution in [2.24, 2.45) is 0 Å². The molecule has 6 heteroatoms. The molecule has 0 aromatic rings. The monoisotopic (exact) mass is 238 g/mol. The Morgan fingerprint density at radius 1 is 1.20 bits per heavy atom. The van der Waals surface area contributed by atoms with Crippen LogP contribution in [0.4, 0.5) is 0 Å². The standard InChI is InChI=1S/C9H15ClO5/c1-3-14-8(11)6-13-5-7(10)9(12)15-4-2/h7H,3-6H2,1-2H3. The Bertz CT molecular complexity index is 207. The molecule has 0 aromatic carbocycles. The van der Waals surface area contributed by atoms with Crippen molar-refractivity contribution in [2.45, 2.75) is 19.2 Å². The van der Waals surface area contributed by atoms with Crippen LogP contribution in [0.2, 0.25) is 0 Å². The van der Waals surface area contributed by atoms with Gasteiger partial charge in [0.05, 0.1) is 19.8 Å². The number of halogens is 1. The topological polar surface area (TPSA) is 61.8 Å². The summed E-state index contributed by atoms with van der Waals surface area (Å²) in [6, 6.07) is 0. The smallest absolute Gasteiger partial charge is 0.332 e. The van der Waals surface area contributed by atoms with E-state index in [2.05, 4.69) is 9.47 Å². The third kappa shape index (κ3) is 7.16. The van der Waals surface area contributed by atoms with Crippen LogP contribution in [0.1, 0.15) is 13.8 Å². The highest BCUT2D eigenvalue weighted by atomic mass is 35.5. The van der Waals surface area contributed by atoms with Gasteiger partial charge in [-0.2, -0.15) is 0 Å². The average molecular weight is 239 g/mol. The SMILES string of the molecule is CCOC(=O)COCC(Cl)C(=O)OCC. The molecule has 15 heavy (non-hydrogen) atoms. The van der Waals surface area contributed by atoms with Gasteiger partial charge in [-0.1, -0.05) is 0 Å². The summed E-state index contributed by atoms with van der Waals surface area (Å²) >= 11 is 5.62. The first-order chi connectivity index (χ1) is 7.11. The van der Waals surface area contributed by atoms with Crippen molar-refractivity contribution in [1.82, 2.24) is 0 Å². The Kier molecular flexibility index (Phi) is 8.04. The minimum atomic E-state index is -0.889. The highest BCUT2D eigenvalue weighted by molar-refractivity contribution is 6.30. The number of hydrogen-bond donors (Lipinski definition) is 0. The molecule has 0 saturated carbocycles. The molecule has 0 aliphatic rings. The van der Waals surface area contributed by atoms with Gasteiger partial charge in [-0.05, 0) is 13.8 Å². The summed E-state index contributed by atoms with van der Waals surface area (Å²) in [5, 5.41) is -0.889. The van der Waals surface area contributed by atoms with Crippen LogP contribution in [0, 0.1) is 0 Å². The molecule has 5 nitrogen and oxygen atoms in total. The fraction of sp³-hybridized carbons (Fsp3) is 0.778. The lowest BCUT2D eigenvalue weighted by Gasteiger charge is -2.08. The molecule has 88 valence electrons. The molecule has 0 aliphatic heterocycles. The van der Waals surface area contributed by atoms with Crippen LogP contribution in [0.25, 0.3) is 0 Å². The van der Waals surface area contributed by atoms with Crippen molar-refractivity contribution in [3.05, 3.63) is 0 Å². The second kappa shape index (κ2) is 8.49. The van der Waals surface area contributed by atoms with E-state index in [1.807, 2.05) is 0 Å². The first kappa shape index (κ1) is 14.2. The third-order valence-electron chi connectivity index (χ3n) is 1.33. The molecule has 0 aliphatic carbocycles. The van der Waals surface area contributed by atoms with E-state index in [0.29, 0.717) is 6.61 Å². The molecule has 1 unspecified atom stereocenters. The van der Waals surface area contributed by atoms with Gasteiger partial charge in [0.15, 0.2) is 5.38 Å². The maximum Gasteiger partial charge on any atom is 0.332 e. The number of carbonyl (C=O) groups is 2. The van der Waals surface area contributed by atoms with Crippen molar-refractivity contribution < 1.29 is 23.8 Å². The van der Waals surface area contributed by atoms with Crippen LogP contribution in [-0.2, 0) is 23.8 Å². The van der Waals surface area contributed by atoms with Crippen LogP contribution in [0.15, 0.2) is 0 Å². The number of esters is 2. The minimum Gasteiger partial charge on any atom is -0.465 e. The molecule has 0 amide bonds. The highest BCUT2D eigenvalue weighted by Gasteiger charge is 2.17. The Morgan fingerprint density at radius 3 is 2.33 bits per heavy atom. The zero-order chi connectivity index (χ0) is 11.7. The van der Waals surface area contributed by atoms with Crippen molar-refractivity contribution in [3.63, 3.8) is 0 Å². The summed E-state index contributed by atoms with van der Waals surface area (Å²) in [5.74, 6) is -1.03. The van der Waals surface area contributed by atoms with Gasteiger partial charge in [-0.15, -0.1) is 11.6 Å². The molecule has 0 spiro atoms. The molecular weight excluding hydrogens is 224 g/mol. The van der Waals surface area contributed by atoms with E-state index in [1.165, 1.54) is 0 Å². The first-order valence-corrected chi connectivity index (χ1v) is 5.09. The Balaban J connectivity index is 3.58. The predicted molar refractivity (Wildman–Crippen MR) is 53.7 cm³/mol. The Labute approximate surface area is 93.6 Å². The van der Waals surface area contributed by atoms with Gasteiger partial charge >= 0.3 is 11.9 Å². The molecule has 0 heterocycles. The minimum absolute atomic E-state index is 0.0702. The van der Waals surface area contributed by atoms with E-state index in [4.69, 9.17) is 16.3 Å². The van der Waals surface area contributed by atoms with Crippen LogP contribution in [-0.4, -0.2) is 43.7 Å². The average Bonchev–Trinajstić information content (AvgIpc) is 2.18. The summed E-state index contributed by atoms with van der Waals surface area (Å²) in [7, 11) is 0. The van der Waals surface area contributed by atoms with Gasteiger partial charge in [-0.25, -0.2) is 4.79 Å². The van der Waals surface area contributed by atoms with Crippen LogP contribution in [0.5, 0.6) is 0 Å². The van der Waals surface area contributed by atoms with Crippen molar-refractivity contribution >= 4 is 23.5 Å². The predicted octanol–water partition coefficient (Wildman–Crippen LogP) is 0.737. The second-order valence-electron chi connectivity index (χ2n) is 2.54. The quantitative estimate of drug-likeness (QED) is 0.484. The molecule has 0 bridgehead atoms. The molecule has 0 fully saturated rings. The summed E-state index contributed by atoms with van der Waals surface area (Å²) < 4.78 is 14.1. The Hall–Kier alpha value is -0.810. The van der Waals surface area contributed by atoms with E-state index in [1.54, 1.807) is 13.8 Å². The number of hydrogen-bond acceptors (Lipinski definition) is 5. The molecule has 0 rings (SSSR count). The number of rotatable bonds is 7. The number of alkyl halides is 1. The van der Waals surface area contributed by atoms with Crippen molar-refractivity contribution in [2.75, 3.05) is 26.4 Å². The third-order valence-corrected chi connectivity index (χ3v) is 1.64. The van der Waals surface area contributed by atoms with E-state index >= 15 is 0 Å². The van der Waals surface area contributed by atoms with E-state index in [0.717, 1.165) is 0 Å². The lowest BCUT2D eigenvalue weighted by molar-refractivity contribution is -0.151. The molecule has 0 N–H and O–H groups in total. The first-order valence-electron chi connectivity index (χ1n) is 4.65. The lowest BCUT2D eigenvalue weighted by Crippen LogP contribution is -2.25. The molecule has 0 saturated heterocycles. The van der Waals surface area contributed by atoms with Crippen LogP contribution >= 0.6 is 11.6 Å². The fourth-order valence-electron chi connectivity index (χ4n) is 0.749. The summed E-state index contributed by atoms with van der Waals surface area (Å²) in [6.45, 7) is 3.65. The zero-order valence-electron chi connectivity index (χ0n) is 8.82. The van der Waals surface area contributed by atoms with Crippen molar-refractivity contribution in [3.8, 4) is 0 Å². The van der Waals surface area contributed by atoms with E-state index in [9.17, 15) is 9.59 Å². The summed E-state index contributed by atoms with van der Waals surface area (Å²) in [5.41, 5.74) is 0. The number of carbonyl (C=O) groups excluding carboxylic acids is 2. The summed E-state index contributed by atoms with van der Waals surface area (Å²) in [6.07, 6.45) is 0. The van der Waals surface area contributed by atoms with Gasteiger partial charge in [0.2, 0.25) is 0 Å². The number of ether oxygens (including phenoxy) is 3. The second-order valence-corrected chi connectivity index (χ2v) is 3.07. The summed E-state index contributed by atoms with van der Waals surface area (Å²) in [4.78, 5) is 21.8. The van der Waals surface area contributed by atoms with Crippen molar-refractivity contribution in [1.29, 1.82) is 0 Å². The maximum absolute atomic E-state index is 11.0. The van der Waals surface area contributed by atoms with E-state index < -0.39 is 17.3 Å². The van der Waals surface area contributed by atoms with Gasteiger partial charge in [0.25, 0.3) is 0 Å². The molecule has 1 atom stereocenters. The van der Waals surface area contributed by atoms with E-state index in [-0.39, 0.29) is 19.8 Å². The van der Waals surface area contributed by atoms with Crippen LogP contribution in [0.3, 0.4) is 0 Å². The lowest BCUT2D eigenvalue weighted by atomic mass is 10.4. The van der Waals surface area contributed by atoms with Gasteiger partial charge in [0, 0.05) is 0 Å². The zero-order valence-corrected chi connectivity index (χ0v) is 9.58. The fourth-order valence-corrected chi connectivity index (χ4v) is 0.901. The highest BCUT2D eigenvalue weighted by Crippen LogP contribution is 2.00. The van der Waals surface area contributed by atoms with Gasteiger partial charge in [-0.3, -0.25) is 4.79 Å².